The smallest absolute Gasteiger partial charge is 0.259 e. The lowest BCUT2D eigenvalue weighted by Gasteiger charge is -2.32. The number of anilines is 1. The Labute approximate surface area is 170 Å². The van der Waals surface area contributed by atoms with Gasteiger partial charge in [-0.05, 0) is 51.3 Å². The number of likely N-dealkylation sites (tertiary alicyclic amines) is 1. The van der Waals surface area contributed by atoms with E-state index in [-0.39, 0.29) is 11.8 Å². The molecule has 1 aromatic heterocycles. The molecule has 3 heterocycles. The summed E-state index contributed by atoms with van der Waals surface area (Å²) in [5.74, 6) is 0.771. The fraction of sp³-hybridized carbons (Fsp3) is 0.455. The molecule has 29 heavy (non-hydrogen) atoms. The Morgan fingerprint density at radius 3 is 2.62 bits per heavy atom. The van der Waals surface area contributed by atoms with Crippen LogP contribution in [-0.2, 0) is 6.54 Å². The van der Waals surface area contributed by atoms with E-state index >= 15 is 0 Å². The molecule has 1 saturated heterocycles. The van der Waals surface area contributed by atoms with Crippen LogP contribution in [0.4, 0.5) is 5.88 Å². The quantitative estimate of drug-likeness (QED) is 0.723. The summed E-state index contributed by atoms with van der Waals surface area (Å²) in [6.45, 7) is 7.77. The van der Waals surface area contributed by atoms with Crippen LogP contribution in [0.15, 0.2) is 28.7 Å². The summed E-state index contributed by atoms with van der Waals surface area (Å²) in [5.41, 5.74) is 3.26. The number of carbonyl (C=O) groups excluding carboxylic acids is 2. The lowest BCUT2D eigenvalue weighted by molar-refractivity contribution is 0.0909. The maximum absolute atomic E-state index is 12.7. The van der Waals surface area contributed by atoms with Crippen molar-refractivity contribution in [3.05, 3.63) is 52.3 Å². The monoisotopic (exact) mass is 396 g/mol. The molecule has 0 aliphatic carbocycles. The van der Waals surface area contributed by atoms with Crippen molar-refractivity contribution in [2.24, 2.45) is 5.92 Å². The normalized spacial score (nSPS) is 17.4. The predicted molar refractivity (Wildman–Crippen MR) is 111 cm³/mol. The molecule has 0 unspecified atom stereocenters. The number of piperidine rings is 1. The largest absolute Gasteiger partial charge is 0.444 e. The Morgan fingerprint density at radius 1 is 1.17 bits per heavy atom. The zero-order valence-electron chi connectivity index (χ0n) is 17.0. The molecule has 1 fully saturated rings. The number of hydrogen-bond donors (Lipinski definition) is 3. The van der Waals surface area contributed by atoms with Gasteiger partial charge in [-0.2, -0.15) is 0 Å². The Kier molecular flexibility index (Phi) is 5.58. The standard InChI is InChI=1S/C22H28N4O3/c1-14-3-5-17(6-4-14)12-26-9-7-16(8-10-26)11-23-20(27)18-15(2)29-22-19(18)21(28)24-13-25-22/h3-6,16,25H,7-13H2,1-2H3,(H,23,27)(H,24,28). The van der Waals surface area contributed by atoms with E-state index in [1.54, 1.807) is 6.92 Å². The molecule has 0 spiro atoms. The van der Waals surface area contributed by atoms with E-state index in [0.29, 0.717) is 41.9 Å². The van der Waals surface area contributed by atoms with Gasteiger partial charge in [0.15, 0.2) is 0 Å². The maximum Gasteiger partial charge on any atom is 0.259 e. The lowest BCUT2D eigenvalue weighted by atomic mass is 9.96. The molecule has 7 heteroatoms. The van der Waals surface area contributed by atoms with E-state index in [9.17, 15) is 9.59 Å². The molecule has 154 valence electrons. The molecule has 0 bridgehead atoms. The molecule has 2 aliphatic heterocycles. The van der Waals surface area contributed by atoms with Crippen LogP contribution in [0, 0.1) is 19.8 Å². The highest BCUT2D eigenvalue weighted by Crippen LogP contribution is 2.28. The average Bonchev–Trinajstić information content (AvgIpc) is 3.06. The van der Waals surface area contributed by atoms with Gasteiger partial charge in [-0.15, -0.1) is 0 Å². The number of rotatable bonds is 5. The summed E-state index contributed by atoms with van der Waals surface area (Å²) in [5, 5.41) is 8.65. The van der Waals surface area contributed by atoms with E-state index in [1.165, 1.54) is 11.1 Å². The molecular formula is C22H28N4O3. The van der Waals surface area contributed by atoms with Gasteiger partial charge in [-0.3, -0.25) is 14.5 Å². The number of hydrogen-bond acceptors (Lipinski definition) is 5. The van der Waals surface area contributed by atoms with Gasteiger partial charge in [0.1, 0.15) is 11.3 Å². The summed E-state index contributed by atoms with van der Waals surface area (Å²) in [6, 6.07) is 8.70. The highest BCUT2D eigenvalue weighted by molar-refractivity contribution is 6.11. The van der Waals surface area contributed by atoms with Crippen LogP contribution in [0.2, 0.25) is 0 Å². The molecule has 1 aromatic carbocycles. The number of nitrogens with zero attached hydrogens (tertiary/aromatic N) is 1. The van der Waals surface area contributed by atoms with E-state index < -0.39 is 0 Å². The molecule has 2 amide bonds. The SMILES string of the molecule is Cc1ccc(CN2CCC(CNC(=O)c3c(C)oc4c3C(=O)NCN4)CC2)cc1. The fourth-order valence-corrected chi connectivity index (χ4v) is 4.08. The van der Waals surface area contributed by atoms with Crippen molar-refractivity contribution in [2.75, 3.05) is 31.6 Å². The summed E-state index contributed by atoms with van der Waals surface area (Å²) >= 11 is 0. The van der Waals surface area contributed by atoms with Crippen molar-refractivity contribution in [1.82, 2.24) is 15.5 Å². The summed E-state index contributed by atoms with van der Waals surface area (Å²) < 4.78 is 5.56. The first-order valence-electron chi connectivity index (χ1n) is 10.2. The van der Waals surface area contributed by atoms with Gasteiger partial charge in [-0.25, -0.2) is 0 Å². The number of carbonyl (C=O) groups is 2. The number of nitrogens with one attached hydrogen (secondary N) is 3. The third kappa shape index (κ3) is 4.29. The second-order valence-corrected chi connectivity index (χ2v) is 8.01. The van der Waals surface area contributed by atoms with Crippen molar-refractivity contribution in [2.45, 2.75) is 33.2 Å². The van der Waals surface area contributed by atoms with Gasteiger partial charge in [0.05, 0.1) is 12.2 Å². The summed E-state index contributed by atoms with van der Waals surface area (Å²) in [4.78, 5) is 27.3. The highest BCUT2D eigenvalue weighted by Gasteiger charge is 2.31. The van der Waals surface area contributed by atoms with Crippen LogP contribution in [0.5, 0.6) is 0 Å². The molecule has 3 N–H and O–H groups in total. The predicted octanol–water partition coefficient (Wildman–Crippen LogP) is 2.65. The molecule has 0 atom stereocenters. The van der Waals surface area contributed by atoms with Gasteiger partial charge in [0, 0.05) is 13.1 Å². The van der Waals surface area contributed by atoms with Crippen LogP contribution in [0.1, 0.15) is 50.4 Å². The molecular weight excluding hydrogens is 368 g/mol. The Hall–Kier alpha value is -2.80. The van der Waals surface area contributed by atoms with Gasteiger partial charge in [-0.1, -0.05) is 29.8 Å². The third-order valence-corrected chi connectivity index (χ3v) is 5.82. The molecule has 0 saturated carbocycles. The van der Waals surface area contributed by atoms with Crippen molar-refractivity contribution < 1.29 is 14.0 Å². The topological polar surface area (TPSA) is 86.6 Å². The van der Waals surface area contributed by atoms with Crippen LogP contribution in [0.25, 0.3) is 0 Å². The van der Waals surface area contributed by atoms with Crippen molar-refractivity contribution in [1.29, 1.82) is 0 Å². The Balaban J connectivity index is 1.29. The molecule has 0 radical (unpaired) electrons. The van der Waals surface area contributed by atoms with Crippen LogP contribution >= 0.6 is 0 Å². The second kappa shape index (κ2) is 8.29. The first kappa shape index (κ1) is 19.5. The second-order valence-electron chi connectivity index (χ2n) is 8.01. The zero-order valence-corrected chi connectivity index (χ0v) is 17.0. The molecule has 4 rings (SSSR count). The number of aryl methyl sites for hydroxylation is 2. The van der Waals surface area contributed by atoms with E-state index in [4.69, 9.17) is 4.42 Å². The van der Waals surface area contributed by atoms with Gasteiger partial charge in [0.25, 0.3) is 11.8 Å². The van der Waals surface area contributed by atoms with Gasteiger partial charge < -0.3 is 20.4 Å². The number of benzene rings is 1. The van der Waals surface area contributed by atoms with Crippen LogP contribution < -0.4 is 16.0 Å². The number of fused-ring (bicyclic) bond motifs is 1. The van der Waals surface area contributed by atoms with E-state index in [1.807, 2.05) is 0 Å². The van der Waals surface area contributed by atoms with Crippen molar-refractivity contribution in [3.8, 4) is 0 Å². The zero-order chi connectivity index (χ0) is 20.4. The Morgan fingerprint density at radius 2 is 1.90 bits per heavy atom. The Bertz CT molecular complexity index is 896. The summed E-state index contributed by atoms with van der Waals surface area (Å²) in [6.07, 6.45) is 2.10. The first-order chi connectivity index (χ1) is 14.0. The maximum atomic E-state index is 12.7. The molecule has 7 nitrogen and oxygen atoms in total. The minimum Gasteiger partial charge on any atom is -0.444 e. The van der Waals surface area contributed by atoms with Crippen molar-refractivity contribution >= 4 is 17.7 Å². The van der Waals surface area contributed by atoms with Crippen LogP contribution in [0.3, 0.4) is 0 Å². The number of amides is 2. The lowest BCUT2D eigenvalue weighted by Crippen LogP contribution is -2.39. The first-order valence-corrected chi connectivity index (χ1v) is 10.2. The molecule has 2 aromatic rings. The van der Waals surface area contributed by atoms with Gasteiger partial charge >= 0.3 is 0 Å². The fourth-order valence-electron chi connectivity index (χ4n) is 4.08. The summed E-state index contributed by atoms with van der Waals surface area (Å²) in [7, 11) is 0. The van der Waals surface area contributed by atoms with Crippen molar-refractivity contribution in [3.63, 3.8) is 0 Å². The highest BCUT2D eigenvalue weighted by atomic mass is 16.4. The minimum atomic E-state index is -0.273. The molecule has 2 aliphatic rings. The van der Waals surface area contributed by atoms with E-state index in [2.05, 4.69) is 52.0 Å². The van der Waals surface area contributed by atoms with E-state index in [0.717, 1.165) is 32.5 Å². The van der Waals surface area contributed by atoms with Gasteiger partial charge in [0.2, 0.25) is 5.88 Å². The minimum absolute atomic E-state index is 0.242. The number of furan rings is 1. The van der Waals surface area contributed by atoms with Crippen LogP contribution in [-0.4, -0.2) is 43.0 Å². The average molecular weight is 396 g/mol. The third-order valence-electron chi connectivity index (χ3n) is 5.82.